The van der Waals surface area contributed by atoms with Crippen LogP contribution < -0.4 is 5.32 Å². The summed E-state index contributed by atoms with van der Waals surface area (Å²) in [6.45, 7) is 6.32. The number of nitrogens with zero attached hydrogens (tertiary/aromatic N) is 2. The molecular weight excluding hydrogens is 242 g/mol. The molecule has 0 aromatic carbocycles. The van der Waals surface area contributed by atoms with E-state index in [4.69, 9.17) is 5.11 Å². The van der Waals surface area contributed by atoms with Gasteiger partial charge in [0.25, 0.3) is 0 Å². The van der Waals surface area contributed by atoms with Crippen LogP contribution in [0.25, 0.3) is 0 Å². The van der Waals surface area contributed by atoms with Crippen molar-refractivity contribution in [3.05, 3.63) is 0 Å². The number of hydrogen-bond acceptors (Lipinski definition) is 3. The van der Waals surface area contributed by atoms with Crippen molar-refractivity contribution in [1.29, 1.82) is 0 Å². The van der Waals surface area contributed by atoms with Crippen LogP contribution in [0.1, 0.15) is 32.6 Å². The van der Waals surface area contributed by atoms with Gasteiger partial charge in [0, 0.05) is 32.2 Å². The first-order valence-corrected chi connectivity index (χ1v) is 7.62. The zero-order valence-electron chi connectivity index (χ0n) is 12.0. The van der Waals surface area contributed by atoms with Gasteiger partial charge in [0.05, 0.1) is 6.61 Å². The molecule has 0 aromatic heterocycles. The van der Waals surface area contributed by atoms with Gasteiger partial charge in [-0.1, -0.05) is 6.92 Å². The van der Waals surface area contributed by atoms with Gasteiger partial charge in [-0.2, -0.15) is 0 Å². The molecule has 5 heteroatoms. The van der Waals surface area contributed by atoms with Crippen molar-refractivity contribution in [3.63, 3.8) is 0 Å². The lowest BCUT2D eigenvalue weighted by molar-refractivity contribution is 0.175. The third-order valence-electron chi connectivity index (χ3n) is 4.07. The van der Waals surface area contributed by atoms with Crippen molar-refractivity contribution in [2.75, 3.05) is 39.3 Å². The quantitative estimate of drug-likeness (QED) is 0.721. The molecule has 0 spiro atoms. The van der Waals surface area contributed by atoms with Crippen LogP contribution in [-0.2, 0) is 0 Å². The predicted octanol–water partition coefficient (Wildman–Crippen LogP) is 0.885. The zero-order chi connectivity index (χ0) is 13.7. The predicted molar refractivity (Wildman–Crippen MR) is 75.1 cm³/mol. The average Bonchev–Trinajstić information content (AvgIpc) is 3.15. The zero-order valence-corrected chi connectivity index (χ0v) is 12.0. The minimum absolute atomic E-state index is 0.0271. The molecule has 2 aliphatic rings. The summed E-state index contributed by atoms with van der Waals surface area (Å²) in [5.41, 5.74) is 0. The molecule has 1 saturated heterocycles. The van der Waals surface area contributed by atoms with E-state index < -0.39 is 0 Å². The summed E-state index contributed by atoms with van der Waals surface area (Å²) in [4.78, 5) is 16.3. The molecule has 1 atom stereocenters. The topological polar surface area (TPSA) is 55.8 Å². The SMILES string of the molecule is CCCN(CCO)C(=O)NCC1CCN(C2CC2)C1. The number of likely N-dealkylation sites (tertiary alicyclic amines) is 1. The van der Waals surface area contributed by atoms with Crippen LogP contribution in [0.2, 0.25) is 0 Å². The Kier molecular flexibility index (Phi) is 5.45. The largest absolute Gasteiger partial charge is 0.395 e. The summed E-state index contributed by atoms with van der Waals surface area (Å²) in [5, 5.41) is 12.0. The van der Waals surface area contributed by atoms with Gasteiger partial charge < -0.3 is 20.2 Å². The highest BCUT2D eigenvalue weighted by molar-refractivity contribution is 5.74. The number of amides is 2. The molecule has 0 radical (unpaired) electrons. The lowest BCUT2D eigenvalue weighted by Gasteiger charge is -2.22. The van der Waals surface area contributed by atoms with Gasteiger partial charge in [0.15, 0.2) is 0 Å². The third kappa shape index (κ3) is 4.35. The van der Waals surface area contributed by atoms with E-state index >= 15 is 0 Å². The highest BCUT2D eigenvalue weighted by Crippen LogP contribution is 2.31. The molecule has 1 saturated carbocycles. The normalized spacial score (nSPS) is 23.6. The number of carbonyl (C=O) groups excluding carboxylic acids is 1. The first kappa shape index (κ1) is 14.6. The molecule has 19 heavy (non-hydrogen) atoms. The second kappa shape index (κ2) is 7.10. The Morgan fingerprint density at radius 2 is 2.16 bits per heavy atom. The summed E-state index contributed by atoms with van der Waals surface area (Å²) in [6, 6.07) is 0.812. The maximum Gasteiger partial charge on any atom is 0.317 e. The molecule has 1 heterocycles. The van der Waals surface area contributed by atoms with E-state index in [1.54, 1.807) is 4.90 Å². The molecule has 0 aromatic rings. The van der Waals surface area contributed by atoms with E-state index in [9.17, 15) is 4.79 Å². The Bertz CT molecular complexity index is 288. The lowest BCUT2D eigenvalue weighted by atomic mass is 10.1. The highest BCUT2D eigenvalue weighted by Gasteiger charge is 2.34. The third-order valence-corrected chi connectivity index (χ3v) is 4.07. The average molecular weight is 269 g/mol. The van der Waals surface area contributed by atoms with Crippen LogP contribution in [-0.4, -0.2) is 66.3 Å². The van der Waals surface area contributed by atoms with Gasteiger partial charge in [-0.05, 0) is 38.1 Å². The number of aliphatic hydroxyl groups is 1. The summed E-state index contributed by atoms with van der Waals surface area (Å²) in [6.07, 6.45) is 4.84. The monoisotopic (exact) mass is 269 g/mol. The van der Waals surface area contributed by atoms with Crippen molar-refractivity contribution >= 4 is 6.03 Å². The smallest absolute Gasteiger partial charge is 0.317 e. The summed E-state index contributed by atoms with van der Waals surface area (Å²) < 4.78 is 0. The van der Waals surface area contributed by atoms with Crippen molar-refractivity contribution < 1.29 is 9.90 Å². The molecule has 1 aliphatic carbocycles. The molecule has 2 amide bonds. The van der Waals surface area contributed by atoms with E-state index in [0.717, 1.165) is 25.6 Å². The maximum atomic E-state index is 12.0. The van der Waals surface area contributed by atoms with E-state index in [-0.39, 0.29) is 12.6 Å². The number of urea groups is 1. The molecule has 1 unspecified atom stereocenters. The Morgan fingerprint density at radius 3 is 2.79 bits per heavy atom. The van der Waals surface area contributed by atoms with Crippen molar-refractivity contribution in [2.45, 2.75) is 38.6 Å². The molecule has 1 aliphatic heterocycles. The second-order valence-corrected chi connectivity index (χ2v) is 5.78. The van der Waals surface area contributed by atoms with Crippen molar-refractivity contribution in [3.8, 4) is 0 Å². The minimum atomic E-state index is -0.0271. The second-order valence-electron chi connectivity index (χ2n) is 5.78. The number of carbonyl (C=O) groups is 1. The van der Waals surface area contributed by atoms with Crippen LogP contribution in [0.15, 0.2) is 0 Å². The lowest BCUT2D eigenvalue weighted by Crippen LogP contribution is -2.43. The van der Waals surface area contributed by atoms with E-state index in [0.29, 0.717) is 19.0 Å². The molecule has 5 nitrogen and oxygen atoms in total. The van der Waals surface area contributed by atoms with Crippen molar-refractivity contribution in [1.82, 2.24) is 15.1 Å². The number of hydrogen-bond donors (Lipinski definition) is 2. The Hall–Kier alpha value is -0.810. The fourth-order valence-electron chi connectivity index (χ4n) is 2.85. The van der Waals surface area contributed by atoms with E-state index in [1.807, 2.05) is 6.92 Å². The molecule has 2 fully saturated rings. The molecule has 2 rings (SSSR count). The van der Waals surface area contributed by atoms with Crippen LogP contribution in [0.5, 0.6) is 0 Å². The molecule has 2 N–H and O–H groups in total. The van der Waals surface area contributed by atoms with Gasteiger partial charge in [-0.25, -0.2) is 4.79 Å². The fraction of sp³-hybridized carbons (Fsp3) is 0.929. The summed E-state index contributed by atoms with van der Waals surface area (Å²) in [5.74, 6) is 0.599. The molecular formula is C14H27N3O2. The Morgan fingerprint density at radius 1 is 1.37 bits per heavy atom. The van der Waals surface area contributed by atoms with Gasteiger partial charge in [0.1, 0.15) is 0 Å². The van der Waals surface area contributed by atoms with Gasteiger partial charge >= 0.3 is 6.03 Å². The van der Waals surface area contributed by atoms with Crippen LogP contribution in [0, 0.1) is 5.92 Å². The van der Waals surface area contributed by atoms with Gasteiger partial charge in [-0.3, -0.25) is 0 Å². The fourth-order valence-corrected chi connectivity index (χ4v) is 2.85. The Balaban J connectivity index is 1.67. The Labute approximate surface area is 115 Å². The van der Waals surface area contributed by atoms with E-state index in [2.05, 4.69) is 10.2 Å². The van der Waals surface area contributed by atoms with E-state index in [1.165, 1.54) is 25.8 Å². The molecule has 0 bridgehead atoms. The van der Waals surface area contributed by atoms with Gasteiger partial charge in [-0.15, -0.1) is 0 Å². The van der Waals surface area contributed by atoms with Crippen LogP contribution in [0.3, 0.4) is 0 Å². The summed E-state index contributed by atoms with van der Waals surface area (Å²) >= 11 is 0. The van der Waals surface area contributed by atoms with Crippen molar-refractivity contribution in [2.24, 2.45) is 5.92 Å². The number of rotatable bonds is 7. The maximum absolute atomic E-state index is 12.0. The van der Waals surface area contributed by atoms with Crippen LogP contribution in [0.4, 0.5) is 4.79 Å². The standard InChI is InChI=1S/C14H27N3O2/c1-2-6-16(8-9-18)14(19)15-10-12-5-7-17(11-12)13-3-4-13/h12-13,18H,2-11H2,1H3,(H,15,19). The number of nitrogens with one attached hydrogen (secondary N) is 1. The van der Waals surface area contributed by atoms with Gasteiger partial charge in [0.2, 0.25) is 0 Å². The molecule has 110 valence electrons. The number of aliphatic hydroxyl groups excluding tert-OH is 1. The minimum Gasteiger partial charge on any atom is -0.395 e. The highest BCUT2D eigenvalue weighted by atomic mass is 16.3. The summed E-state index contributed by atoms with van der Waals surface area (Å²) in [7, 11) is 0. The van der Waals surface area contributed by atoms with Crippen LogP contribution >= 0.6 is 0 Å². The first-order chi connectivity index (χ1) is 9.24. The first-order valence-electron chi connectivity index (χ1n) is 7.62.